The second kappa shape index (κ2) is 10.2. The third-order valence-electron chi connectivity index (χ3n) is 5.67. The Morgan fingerprint density at radius 3 is 2.50 bits per heavy atom. The first-order chi connectivity index (χ1) is 17.0. The first-order valence-electron chi connectivity index (χ1n) is 11.0. The molecule has 14 heteroatoms. The first-order valence-corrected chi connectivity index (χ1v) is 14.8. The average Bonchev–Trinajstić information content (AvgIpc) is 3.25. The minimum Gasteiger partial charge on any atom is -0.466 e. The van der Waals surface area contributed by atoms with Crippen LogP contribution in [-0.4, -0.2) is 57.7 Å². The molecule has 2 aromatic carbocycles. The zero-order valence-corrected chi connectivity index (χ0v) is 21.7. The van der Waals surface area contributed by atoms with Crippen molar-refractivity contribution in [3.05, 3.63) is 48.0 Å². The summed E-state index contributed by atoms with van der Waals surface area (Å²) in [5.74, 6) is -1.42. The van der Waals surface area contributed by atoms with E-state index in [1.54, 1.807) is 6.92 Å². The number of carbonyl (C=O) groups is 2. The fourth-order valence-corrected chi connectivity index (χ4v) is 6.88. The predicted octanol–water partition coefficient (Wildman–Crippen LogP) is 2.16. The predicted molar refractivity (Wildman–Crippen MR) is 134 cm³/mol. The fourth-order valence-electron chi connectivity index (χ4n) is 3.85. The Hall–Kier alpha value is -2.91. The van der Waals surface area contributed by atoms with Gasteiger partial charge in [-0.2, -0.15) is 4.31 Å². The molecule has 4 rings (SSSR count). The van der Waals surface area contributed by atoms with E-state index in [4.69, 9.17) is 9.88 Å². The van der Waals surface area contributed by atoms with Crippen LogP contribution in [0.1, 0.15) is 30.1 Å². The van der Waals surface area contributed by atoms with Crippen LogP contribution in [0.4, 0.5) is 5.13 Å². The van der Waals surface area contributed by atoms with Gasteiger partial charge in [0.15, 0.2) is 5.13 Å². The maximum Gasteiger partial charge on any atom is 0.310 e. The van der Waals surface area contributed by atoms with Crippen LogP contribution in [-0.2, 0) is 29.6 Å². The summed E-state index contributed by atoms with van der Waals surface area (Å²) in [6, 6.07) is 9.67. The van der Waals surface area contributed by atoms with Crippen LogP contribution in [0.15, 0.2) is 52.3 Å². The van der Waals surface area contributed by atoms with Crippen LogP contribution in [0.3, 0.4) is 0 Å². The Morgan fingerprint density at radius 1 is 1.14 bits per heavy atom. The third-order valence-corrected chi connectivity index (χ3v) is 9.39. The number of primary sulfonamides is 1. The summed E-state index contributed by atoms with van der Waals surface area (Å²) in [5, 5.41) is 8.04. The summed E-state index contributed by atoms with van der Waals surface area (Å²) >= 11 is 1.08. The number of rotatable bonds is 7. The zero-order valence-electron chi connectivity index (χ0n) is 19.2. The first kappa shape index (κ1) is 26.2. The minimum atomic E-state index is -3.87. The maximum atomic E-state index is 13.1. The molecule has 0 saturated carbocycles. The van der Waals surface area contributed by atoms with Gasteiger partial charge in [-0.05, 0) is 62.2 Å². The number of anilines is 1. The standard InChI is InChI=1S/C22H24N4O7S3/c1-2-33-21(28)15-4-3-11-26(13-15)36(31,32)16-7-5-14(6-8-16)20(27)25-22-24-18-10-9-17(35(23,29)30)12-19(18)34-22/h5-10,12,15H,2-4,11,13H2,1H3,(H2,23,29,30)(H,24,25,27). The van der Waals surface area contributed by atoms with E-state index in [9.17, 15) is 26.4 Å². The molecule has 0 radical (unpaired) electrons. The molecule has 1 atom stereocenters. The molecule has 1 amide bonds. The Balaban J connectivity index is 1.47. The van der Waals surface area contributed by atoms with Crippen molar-refractivity contribution in [1.29, 1.82) is 0 Å². The third kappa shape index (κ3) is 5.57. The fraction of sp³-hybridized carbons (Fsp3) is 0.318. The van der Waals surface area contributed by atoms with Gasteiger partial charge in [0, 0.05) is 18.7 Å². The van der Waals surface area contributed by atoms with Gasteiger partial charge in [0.25, 0.3) is 5.91 Å². The number of fused-ring (bicyclic) bond motifs is 1. The Morgan fingerprint density at radius 2 is 1.83 bits per heavy atom. The lowest BCUT2D eigenvalue weighted by Crippen LogP contribution is -2.42. The smallest absolute Gasteiger partial charge is 0.310 e. The second-order valence-corrected chi connectivity index (χ2v) is 12.7. The Kier molecular flexibility index (Phi) is 7.43. The van der Waals surface area contributed by atoms with Crippen molar-refractivity contribution in [3.8, 4) is 0 Å². The lowest BCUT2D eigenvalue weighted by Gasteiger charge is -2.30. The molecular formula is C22H24N4O7S3. The molecule has 1 aromatic heterocycles. The van der Waals surface area contributed by atoms with Crippen molar-refractivity contribution in [2.75, 3.05) is 25.0 Å². The molecule has 1 aliphatic rings. The van der Waals surface area contributed by atoms with E-state index < -0.39 is 37.8 Å². The van der Waals surface area contributed by atoms with Crippen molar-refractivity contribution in [3.63, 3.8) is 0 Å². The van der Waals surface area contributed by atoms with Gasteiger partial charge in [0.05, 0.1) is 32.5 Å². The number of piperidine rings is 1. The SMILES string of the molecule is CCOC(=O)C1CCCN(S(=O)(=O)c2ccc(C(=O)Nc3nc4ccc(S(N)(=O)=O)cc4s3)cc2)C1. The number of esters is 1. The van der Waals surface area contributed by atoms with Gasteiger partial charge in [0.1, 0.15) is 0 Å². The molecule has 1 aliphatic heterocycles. The quantitative estimate of drug-likeness (QED) is 0.421. The van der Waals surface area contributed by atoms with Crippen molar-refractivity contribution in [2.45, 2.75) is 29.6 Å². The number of thiazole rings is 1. The van der Waals surface area contributed by atoms with E-state index in [0.717, 1.165) is 11.3 Å². The number of hydrogen-bond acceptors (Lipinski definition) is 9. The van der Waals surface area contributed by atoms with E-state index in [2.05, 4.69) is 10.3 Å². The summed E-state index contributed by atoms with van der Waals surface area (Å²) < 4.78 is 56.1. The van der Waals surface area contributed by atoms with Gasteiger partial charge in [-0.25, -0.2) is 27.0 Å². The molecule has 0 aliphatic carbocycles. The summed E-state index contributed by atoms with van der Waals surface area (Å²) in [5.41, 5.74) is 0.702. The van der Waals surface area contributed by atoms with Crippen molar-refractivity contribution < 1.29 is 31.2 Å². The monoisotopic (exact) mass is 552 g/mol. The number of benzene rings is 2. The Bertz CT molecular complexity index is 1520. The van der Waals surface area contributed by atoms with Gasteiger partial charge in [-0.1, -0.05) is 11.3 Å². The number of sulfonamides is 2. The number of nitrogens with one attached hydrogen (secondary N) is 1. The molecule has 3 aromatic rings. The molecular weight excluding hydrogens is 528 g/mol. The van der Waals surface area contributed by atoms with E-state index >= 15 is 0 Å². The molecule has 3 N–H and O–H groups in total. The van der Waals surface area contributed by atoms with E-state index in [1.807, 2.05) is 0 Å². The molecule has 192 valence electrons. The number of nitrogens with zero attached hydrogens (tertiary/aromatic N) is 2. The van der Waals surface area contributed by atoms with Crippen LogP contribution >= 0.6 is 11.3 Å². The normalized spacial score (nSPS) is 17.1. The number of amides is 1. The molecule has 0 spiro atoms. The summed E-state index contributed by atoms with van der Waals surface area (Å²) in [6.45, 7) is 2.28. The van der Waals surface area contributed by atoms with E-state index in [1.165, 1.54) is 46.8 Å². The average molecular weight is 553 g/mol. The van der Waals surface area contributed by atoms with E-state index in [0.29, 0.717) is 29.6 Å². The van der Waals surface area contributed by atoms with Gasteiger partial charge >= 0.3 is 5.97 Å². The molecule has 11 nitrogen and oxygen atoms in total. The number of nitrogens with two attached hydrogens (primary N) is 1. The minimum absolute atomic E-state index is 0.0130. The number of ether oxygens (including phenoxy) is 1. The van der Waals surface area contributed by atoms with Crippen LogP contribution in [0.5, 0.6) is 0 Å². The molecule has 36 heavy (non-hydrogen) atoms. The molecule has 1 unspecified atom stereocenters. The Labute approximate surface area is 212 Å². The van der Waals surface area contributed by atoms with Gasteiger partial charge in [-0.3, -0.25) is 14.9 Å². The van der Waals surface area contributed by atoms with Gasteiger partial charge in [-0.15, -0.1) is 0 Å². The van der Waals surface area contributed by atoms with Crippen LogP contribution < -0.4 is 10.5 Å². The van der Waals surface area contributed by atoms with Crippen LogP contribution in [0.25, 0.3) is 10.2 Å². The maximum absolute atomic E-state index is 13.1. The molecule has 1 fully saturated rings. The van der Waals surface area contributed by atoms with Gasteiger partial charge in [0.2, 0.25) is 20.0 Å². The number of carbonyl (C=O) groups excluding carboxylic acids is 2. The molecule has 2 heterocycles. The van der Waals surface area contributed by atoms with E-state index in [-0.39, 0.29) is 33.6 Å². The summed E-state index contributed by atoms with van der Waals surface area (Å²) in [6.07, 6.45) is 1.11. The lowest BCUT2D eigenvalue weighted by atomic mass is 10.0. The largest absolute Gasteiger partial charge is 0.466 e. The van der Waals surface area contributed by atoms with Crippen molar-refractivity contribution >= 4 is 58.6 Å². The highest BCUT2D eigenvalue weighted by atomic mass is 32.2. The summed E-state index contributed by atoms with van der Waals surface area (Å²) in [7, 11) is -7.72. The molecule has 1 saturated heterocycles. The molecule has 0 bridgehead atoms. The zero-order chi connectivity index (χ0) is 26.1. The second-order valence-electron chi connectivity index (χ2n) is 8.13. The number of hydrogen-bond donors (Lipinski definition) is 2. The highest BCUT2D eigenvalue weighted by molar-refractivity contribution is 7.89. The van der Waals surface area contributed by atoms with Crippen molar-refractivity contribution in [2.24, 2.45) is 11.1 Å². The highest BCUT2D eigenvalue weighted by Crippen LogP contribution is 2.29. The summed E-state index contributed by atoms with van der Waals surface area (Å²) in [4.78, 5) is 29.0. The lowest BCUT2D eigenvalue weighted by molar-refractivity contribution is -0.149. The number of aromatic nitrogens is 1. The van der Waals surface area contributed by atoms with Crippen LogP contribution in [0, 0.1) is 5.92 Å². The van der Waals surface area contributed by atoms with Gasteiger partial charge < -0.3 is 4.74 Å². The highest BCUT2D eigenvalue weighted by Gasteiger charge is 2.34. The van der Waals surface area contributed by atoms with Crippen LogP contribution in [0.2, 0.25) is 0 Å². The topological polar surface area (TPSA) is 166 Å². The van der Waals surface area contributed by atoms with Crippen molar-refractivity contribution in [1.82, 2.24) is 9.29 Å².